The first-order valence-electron chi connectivity index (χ1n) is 9.94. The molecule has 1 unspecified atom stereocenters. The summed E-state index contributed by atoms with van der Waals surface area (Å²) in [6, 6.07) is 12.0. The topological polar surface area (TPSA) is 45.2 Å². The molecule has 1 aliphatic rings. The molecule has 3 aromatic rings. The Hall–Kier alpha value is -2.28. The van der Waals surface area contributed by atoms with E-state index in [4.69, 9.17) is 11.6 Å². The van der Waals surface area contributed by atoms with Crippen LogP contribution in [0, 0.1) is 12.7 Å². The largest absolute Gasteiger partial charge is 0.347 e. The zero-order chi connectivity index (χ0) is 21.1. The zero-order valence-electron chi connectivity index (χ0n) is 16.7. The molecule has 4 nitrogen and oxygen atoms in total. The van der Waals surface area contributed by atoms with Crippen LogP contribution in [0.1, 0.15) is 43.7 Å². The summed E-state index contributed by atoms with van der Waals surface area (Å²) < 4.78 is 13.1. The minimum Gasteiger partial charge on any atom is -0.347 e. The van der Waals surface area contributed by atoms with Crippen LogP contribution in [-0.2, 0) is 13.1 Å². The molecule has 2 aromatic carbocycles. The number of likely N-dealkylation sites (tertiary alicyclic amines) is 1. The fourth-order valence-electron chi connectivity index (χ4n) is 3.74. The van der Waals surface area contributed by atoms with Gasteiger partial charge in [0.25, 0.3) is 5.91 Å². The lowest BCUT2D eigenvalue weighted by Crippen LogP contribution is -2.23. The van der Waals surface area contributed by atoms with Gasteiger partial charge in [-0.1, -0.05) is 29.8 Å². The molecule has 0 saturated carbocycles. The first kappa shape index (κ1) is 21.0. The second-order valence-corrected chi connectivity index (χ2v) is 9.16. The Morgan fingerprint density at radius 1 is 1.30 bits per heavy atom. The molecule has 1 atom stereocenters. The molecular weight excluding hydrogens is 421 g/mol. The first-order valence-corrected chi connectivity index (χ1v) is 11.1. The van der Waals surface area contributed by atoms with Gasteiger partial charge in [0.2, 0.25) is 0 Å². The Kier molecular flexibility index (Phi) is 6.46. The van der Waals surface area contributed by atoms with E-state index in [1.807, 2.05) is 25.3 Å². The molecule has 1 aliphatic heterocycles. The third-order valence-electron chi connectivity index (χ3n) is 5.45. The molecule has 30 heavy (non-hydrogen) atoms. The van der Waals surface area contributed by atoms with Crippen LogP contribution < -0.4 is 5.32 Å². The van der Waals surface area contributed by atoms with Crippen LogP contribution in [-0.4, -0.2) is 28.9 Å². The fraction of sp³-hybridized carbons (Fsp3) is 0.304. The van der Waals surface area contributed by atoms with Crippen molar-refractivity contribution in [2.45, 2.75) is 32.4 Å². The van der Waals surface area contributed by atoms with Gasteiger partial charge in [-0.25, -0.2) is 9.37 Å². The zero-order valence-corrected chi connectivity index (χ0v) is 18.3. The molecule has 1 saturated heterocycles. The van der Waals surface area contributed by atoms with Gasteiger partial charge in [0, 0.05) is 40.7 Å². The van der Waals surface area contributed by atoms with E-state index in [2.05, 4.69) is 15.2 Å². The predicted octanol–water partition coefficient (Wildman–Crippen LogP) is 5.16. The van der Waals surface area contributed by atoms with Crippen molar-refractivity contribution >= 4 is 28.8 Å². The Morgan fingerprint density at radius 2 is 2.10 bits per heavy atom. The van der Waals surface area contributed by atoms with Crippen LogP contribution in [0.5, 0.6) is 0 Å². The van der Waals surface area contributed by atoms with Gasteiger partial charge in [0.05, 0.1) is 11.6 Å². The van der Waals surface area contributed by atoms with Gasteiger partial charge in [-0.05, 0) is 55.3 Å². The number of halogens is 2. The smallest absolute Gasteiger partial charge is 0.251 e. The van der Waals surface area contributed by atoms with Gasteiger partial charge in [0.1, 0.15) is 5.82 Å². The number of benzene rings is 2. The normalized spacial score (nSPS) is 16.7. The summed E-state index contributed by atoms with van der Waals surface area (Å²) in [5.74, 6) is 0.0670. The molecule has 1 aromatic heterocycles. The lowest BCUT2D eigenvalue weighted by molar-refractivity contribution is 0.0950. The van der Waals surface area contributed by atoms with Crippen LogP contribution in [0.15, 0.2) is 48.7 Å². The van der Waals surface area contributed by atoms with Crippen molar-refractivity contribution in [2.75, 3.05) is 13.1 Å². The second-order valence-electron chi connectivity index (χ2n) is 7.61. The summed E-state index contributed by atoms with van der Waals surface area (Å²) in [6.45, 7) is 5.07. The number of aromatic nitrogens is 1. The number of carbonyl (C=O) groups excluding carboxylic acids is 1. The summed E-state index contributed by atoms with van der Waals surface area (Å²) in [5.41, 5.74) is 2.50. The molecule has 4 rings (SSSR count). The molecular formula is C23H23ClFN3OS. The number of rotatable bonds is 6. The third-order valence-corrected chi connectivity index (χ3v) is 7.02. The maximum atomic E-state index is 13.1. The SMILES string of the molecule is Cc1c(Cl)cccc1C(=O)NCc1cnc(C2CCN(Cc3ccc(F)cc3)C2)s1. The number of amides is 1. The molecule has 0 spiro atoms. The number of hydrogen-bond acceptors (Lipinski definition) is 4. The van der Waals surface area contributed by atoms with Crippen molar-refractivity contribution in [3.8, 4) is 0 Å². The monoisotopic (exact) mass is 443 g/mol. The van der Waals surface area contributed by atoms with Crippen molar-refractivity contribution < 1.29 is 9.18 Å². The number of nitrogens with one attached hydrogen (secondary N) is 1. The summed E-state index contributed by atoms with van der Waals surface area (Å²) >= 11 is 7.77. The summed E-state index contributed by atoms with van der Waals surface area (Å²) in [4.78, 5) is 20.5. The third kappa shape index (κ3) is 4.89. The van der Waals surface area contributed by atoms with Crippen LogP contribution in [0.3, 0.4) is 0 Å². The van der Waals surface area contributed by atoms with Crippen molar-refractivity contribution in [1.82, 2.24) is 15.2 Å². The van der Waals surface area contributed by atoms with Crippen molar-refractivity contribution in [3.63, 3.8) is 0 Å². The minimum atomic E-state index is -0.203. The number of carbonyl (C=O) groups is 1. The van der Waals surface area contributed by atoms with Crippen LogP contribution in [0.25, 0.3) is 0 Å². The van der Waals surface area contributed by atoms with Crippen molar-refractivity contribution in [1.29, 1.82) is 0 Å². The molecule has 1 N–H and O–H groups in total. The quantitative estimate of drug-likeness (QED) is 0.572. The van der Waals surface area contributed by atoms with Crippen molar-refractivity contribution in [3.05, 3.63) is 86.1 Å². The highest BCUT2D eigenvalue weighted by molar-refractivity contribution is 7.11. The molecule has 0 bridgehead atoms. The standard InChI is InChI=1S/C23H23ClFN3OS/c1-15-20(3-2-4-21(15)24)22(29)26-11-19-12-27-23(30-19)17-9-10-28(14-17)13-16-5-7-18(25)8-6-16/h2-8,12,17H,9-11,13-14H2,1H3,(H,26,29). The van der Waals surface area contributed by atoms with E-state index in [1.165, 1.54) is 12.1 Å². The average Bonchev–Trinajstić information content (AvgIpc) is 3.39. The van der Waals surface area contributed by atoms with Gasteiger partial charge in [-0.15, -0.1) is 11.3 Å². The second kappa shape index (κ2) is 9.25. The Bertz CT molecular complexity index is 1040. The maximum absolute atomic E-state index is 13.1. The van der Waals surface area contributed by atoms with E-state index in [-0.39, 0.29) is 11.7 Å². The highest BCUT2D eigenvalue weighted by atomic mass is 35.5. The van der Waals surface area contributed by atoms with Gasteiger partial charge in [-0.3, -0.25) is 9.69 Å². The molecule has 0 aliphatic carbocycles. The van der Waals surface area contributed by atoms with E-state index < -0.39 is 0 Å². The van der Waals surface area contributed by atoms with Crippen LogP contribution in [0.4, 0.5) is 4.39 Å². The summed E-state index contributed by atoms with van der Waals surface area (Å²) in [6.07, 6.45) is 2.91. The predicted molar refractivity (Wildman–Crippen MR) is 119 cm³/mol. The molecule has 156 valence electrons. The van der Waals surface area contributed by atoms with Crippen molar-refractivity contribution in [2.24, 2.45) is 0 Å². The van der Waals surface area contributed by atoms with Gasteiger partial charge in [-0.2, -0.15) is 0 Å². The maximum Gasteiger partial charge on any atom is 0.251 e. The average molecular weight is 444 g/mol. The van der Waals surface area contributed by atoms with Gasteiger partial charge < -0.3 is 5.32 Å². The van der Waals surface area contributed by atoms with Gasteiger partial charge >= 0.3 is 0 Å². The first-order chi connectivity index (χ1) is 14.5. The summed E-state index contributed by atoms with van der Waals surface area (Å²) in [5, 5.41) is 4.67. The highest BCUT2D eigenvalue weighted by Gasteiger charge is 2.26. The Morgan fingerprint density at radius 3 is 2.90 bits per heavy atom. The number of thiazole rings is 1. The Labute approximate surface area is 184 Å². The van der Waals surface area contributed by atoms with Gasteiger partial charge in [0.15, 0.2) is 0 Å². The lowest BCUT2D eigenvalue weighted by Gasteiger charge is -2.15. The number of hydrogen-bond donors (Lipinski definition) is 1. The molecule has 2 heterocycles. The van der Waals surface area contributed by atoms with E-state index in [9.17, 15) is 9.18 Å². The van der Waals surface area contributed by atoms with Crippen LogP contribution >= 0.6 is 22.9 Å². The van der Waals surface area contributed by atoms with E-state index in [0.717, 1.165) is 47.1 Å². The molecule has 7 heteroatoms. The minimum absolute atomic E-state index is 0.128. The lowest BCUT2D eigenvalue weighted by atomic mass is 10.1. The van der Waals surface area contributed by atoms with Crippen LogP contribution in [0.2, 0.25) is 5.02 Å². The highest BCUT2D eigenvalue weighted by Crippen LogP contribution is 2.31. The van der Waals surface area contributed by atoms with E-state index in [1.54, 1.807) is 29.5 Å². The molecule has 0 radical (unpaired) electrons. The fourth-order valence-corrected chi connectivity index (χ4v) is 4.89. The number of nitrogens with zero attached hydrogens (tertiary/aromatic N) is 2. The van der Waals surface area contributed by atoms with E-state index in [0.29, 0.717) is 23.0 Å². The summed E-state index contributed by atoms with van der Waals surface area (Å²) in [7, 11) is 0. The molecule has 1 fully saturated rings. The Balaban J connectivity index is 1.31. The van der Waals surface area contributed by atoms with E-state index >= 15 is 0 Å². The molecule has 1 amide bonds.